The summed E-state index contributed by atoms with van der Waals surface area (Å²) in [6, 6.07) is 25.4. The van der Waals surface area contributed by atoms with Gasteiger partial charge < -0.3 is 4.90 Å². The third-order valence-corrected chi connectivity index (χ3v) is 4.91. The number of nitrogens with zero attached hydrogens (tertiary/aromatic N) is 4. The standard InChI is InChI=1S/C22H16N4O/c1-25-18-13-7-5-11-16(18)21-20(15-9-3-2-4-10-15)23-24-26(21)19-14-8-6-12-17(19)22(25)27/h2-14H,1H3. The largest absolute Gasteiger partial charge is 0.311 e. The van der Waals surface area contributed by atoms with Gasteiger partial charge in [0.2, 0.25) is 0 Å². The van der Waals surface area contributed by atoms with E-state index in [9.17, 15) is 4.79 Å². The highest BCUT2D eigenvalue weighted by molar-refractivity contribution is 6.11. The number of aromatic nitrogens is 3. The average molecular weight is 352 g/mol. The van der Waals surface area contributed by atoms with E-state index >= 15 is 0 Å². The van der Waals surface area contributed by atoms with Crippen molar-refractivity contribution in [2.24, 2.45) is 0 Å². The molecule has 5 rings (SSSR count). The summed E-state index contributed by atoms with van der Waals surface area (Å²) in [4.78, 5) is 14.8. The SMILES string of the molecule is CN1C(=O)c2ccccc2-n2nnc(-c3ccccc3)c2-c2ccccc21. The molecule has 3 aromatic carbocycles. The summed E-state index contributed by atoms with van der Waals surface area (Å²) in [5.41, 5.74) is 5.74. The van der Waals surface area contributed by atoms with Gasteiger partial charge in [-0.15, -0.1) is 5.10 Å². The fraction of sp³-hybridized carbons (Fsp3) is 0.0455. The first-order valence-corrected chi connectivity index (χ1v) is 8.73. The highest BCUT2D eigenvalue weighted by Gasteiger charge is 2.29. The van der Waals surface area contributed by atoms with Crippen LogP contribution in [0.15, 0.2) is 78.9 Å². The highest BCUT2D eigenvalue weighted by atomic mass is 16.2. The number of hydrogen-bond donors (Lipinski definition) is 0. The lowest BCUT2D eigenvalue weighted by Crippen LogP contribution is -2.29. The lowest BCUT2D eigenvalue weighted by Gasteiger charge is -2.25. The molecule has 0 fully saturated rings. The minimum Gasteiger partial charge on any atom is -0.311 e. The summed E-state index contributed by atoms with van der Waals surface area (Å²) in [5, 5.41) is 8.91. The molecular formula is C22H16N4O. The van der Waals surface area contributed by atoms with Crippen LogP contribution in [0.1, 0.15) is 10.4 Å². The molecule has 0 saturated carbocycles. The first-order chi connectivity index (χ1) is 13.3. The van der Waals surface area contributed by atoms with Crippen LogP contribution in [-0.4, -0.2) is 27.9 Å². The molecule has 0 atom stereocenters. The molecule has 1 aliphatic heterocycles. The Morgan fingerprint density at radius 2 is 1.37 bits per heavy atom. The van der Waals surface area contributed by atoms with Crippen LogP contribution in [0.2, 0.25) is 0 Å². The van der Waals surface area contributed by atoms with E-state index in [4.69, 9.17) is 0 Å². The van der Waals surface area contributed by atoms with Gasteiger partial charge in [0.25, 0.3) is 5.91 Å². The van der Waals surface area contributed by atoms with E-state index in [1.54, 1.807) is 16.6 Å². The number of carbonyl (C=O) groups is 1. The average Bonchev–Trinajstić information content (AvgIpc) is 3.17. The molecule has 0 aliphatic carbocycles. The Balaban J connectivity index is 1.91. The van der Waals surface area contributed by atoms with Crippen molar-refractivity contribution >= 4 is 11.6 Å². The van der Waals surface area contributed by atoms with Gasteiger partial charge in [-0.05, 0) is 18.2 Å². The molecule has 130 valence electrons. The Hall–Kier alpha value is -3.73. The van der Waals surface area contributed by atoms with E-state index in [2.05, 4.69) is 10.3 Å². The third-order valence-electron chi connectivity index (χ3n) is 4.91. The van der Waals surface area contributed by atoms with Gasteiger partial charge in [0, 0.05) is 18.2 Å². The Morgan fingerprint density at radius 3 is 2.15 bits per heavy atom. The second kappa shape index (κ2) is 5.92. The van der Waals surface area contributed by atoms with Crippen LogP contribution in [0, 0.1) is 0 Å². The molecule has 0 N–H and O–H groups in total. The van der Waals surface area contributed by atoms with Crippen molar-refractivity contribution < 1.29 is 4.79 Å². The maximum Gasteiger partial charge on any atom is 0.260 e. The quantitative estimate of drug-likeness (QED) is 0.516. The molecule has 1 aromatic heterocycles. The van der Waals surface area contributed by atoms with E-state index in [1.165, 1.54) is 0 Å². The van der Waals surface area contributed by atoms with Crippen molar-refractivity contribution in [2.75, 3.05) is 11.9 Å². The second-order valence-corrected chi connectivity index (χ2v) is 6.46. The van der Waals surface area contributed by atoms with Crippen molar-refractivity contribution in [3.8, 4) is 28.2 Å². The number of para-hydroxylation sites is 2. The van der Waals surface area contributed by atoms with Gasteiger partial charge in [0.15, 0.2) is 0 Å². The van der Waals surface area contributed by atoms with E-state index in [0.29, 0.717) is 5.56 Å². The molecule has 2 heterocycles. The summed E-state index contributed by atoms with van der Waals surface area (Å²) < 4.78 is 1.78. The number of rotatable bonds is 1. The first-order valence-electron chi connectivity index (χ1n) is 8.73. The van der Waals surface area contributed by atoms with Crippen LogP contribution in [0.25, 0.3) is 28.2 Å². The van der Waals surface area contributed by atoms with Crippen molar-refractivity contribution in [1.29, 1.82) is 0 Å². The van der Waals surface area contributed by atoms with Crippen LogP contribution in [0.4, 0.5) is 5.69 Å². The third kappa shape index (κ3) is 2.29. The van der Waals surface area contributed by atoms with Gasteiger partial charge in [-0.3, -0.25) is 4.79 Å². The summed E-state index contributed by atoms with van der Waals surface area (Å²) in [6.07, 6.45) is 0. The van der Waals surface area contributed by atoms with Crippen molar-refractivity contribution in [1.82, 2.24) is 15.0 Å². The molecule has 5 heteroatoms. The Labute approximate surface area is 156 Å². The molecule has 0 unspecified atom stereocenters. The van der Waals surface area contributed by atoms with Crippen LogP contribution >= 0.6 is 0 Å². The maximum absolute atomic E-state index is 13.1. The predicted molar refractivity (Wildman–Crippen MR) is 105 cm³/mol. The zero-order valence-corrected chi connectivity index (χ0v) is 14.7. The lowest BCUT2D eigenvalue weighted by molar-refractivity contribution is 0.0992. The molecule has 27 heavy (non-hydrogen) atoms. The smallest absolute Gasteiger partial charge is 0.260 e. The zero-order valence-electron chi connectivity index (χ0n) is 14.7. The molecule has 5 nitrogen and oxygen atoms in total. The number of carbonyl (C=O) groups excluding carboxylic acids is 1. The number of anilines is 1. The van der Waals surface area contributed by atoms with Crippen molar-refractivity contribution in [2.45, 2.75) is 0 Å². The van der Waals surface area contributed by atoms with Gasteiger partial charge >= 0.3 is 0 Å². The second-order valence-electron chi connectivity index (χ2n) is 6.46. The minimum atomic E-state index is -0.0690. The van der Waals surface area contributed by atoms with E-state index in [1.807, 2.05) is 78.9 Å². The van der Waals surface area contributed by atoms with Gasteiger partial charge in [0.05, 0.1) is 16.9 Å². The maximum atomic E-state index is 13.1. The van der Waals surface area contributed by atoms with Crippen molar-refractivity contribution in [3.63, 3.8) is 0 Å². The molecule has 0 saturated heterocycles. The van der Waals surface area contributed by atoms with E-state index < -0.39 is 0 Å². The van der Waals surface area contributed by atoms with Crippen molar-refractivity contribution in [3.05, 3.63) is 84.4 Å². The highest BCUT2D eigenvalue weighted by Crippen LogP contribution is 2.40. The Morgan fingerprint density at radius 1 is 0.741 bits per heavy atom. The molecule has 0 radical (unpaired) electrons. The fourth-order valence-corrected chi connectivity index (χ4v) is 3.58. The summed E-state index contributed by atoms with van der Waals surface area (Å²) in [6.45, 7) is 0. The van der Waals surface area contributed by atoms with Gasteiger partial charge in [-0.1, -0.05) is 65.9 Å². The molecule has 1 amide bonds. The molecule has 0 bridgehead atoms. The number of benzene rings is 3. The predicted octanol–water partition coefficient (Wildman–Crippen LogP) is 4.19. The van der Waals surface area contributed by atoms with E-state index in [0.717, 1.165) is 33.9 Å². The summed E-state index contributed by atoms with van der Waals surface area (Å²) >= 11 is 0. The lowest BCUT2D eigenvalue weighted by atomic mass is 10.00. The number of hydrogen-bond acceptors (Lipinski definition) is 3. The fourth-order valence-electron chi connectivity index (χ4n) is 3.58. The van der Waals surface area contributed by atoms with Gasteiger partial charge in [0.1, 0.15) is 11.4 Å². The van der Waals surface area contributed by atoms with Crippen LogP contribution in [-0.2, 0) is 0 Å². The normalized spacial score (nSPS) is 12.6. The Bertz CT molecular complexity index is 1160. The number of fused-ring (bicyclic) bond motifs is 5. The number of amides is 1. The van der Waals surface area contributed by atoms with Gasteiger partial charge in [-0.2, -0.15) is 0 Å². The molecule has 1 aliphatic rings. The monoisotopic (exact) mass is 352 g/mol. The minimum absolute atomic E-state index is 0.0690. The topological polar surface area (TPSA) is 51.0 Å². The molecular weight excluding hydrogens is 336 g/mol. The zero-order chi connectivity index (χ0) is 18.4. The van der Waals surface area contributed by atoms with Gasteiger partial charge in [-0.25, -0.2) is 4.68 Å². The summed E-state index contributed by atoms with van der Waals surface area (Å²) in [7, 11) is 1.81. The first kappa shape index (κ1) is 15.5. The Kier molecular flexibility index (Phi) is 3.40. The van der Waals surface area contributed by atoms with Crippen LogP contribution in [0.5, 0.6) is 0 Å². The van der Waals surface area contributed by atoms with E-state index in [-0.39, 0.29) is 5.91 Å². The molecule has 4 aromatic rings. The summed E-state index contributed by atoms with van der Waals surface area (Å²) in [5.74, 6) is -0.0690. The molecule has 0 spiro atoms. The van der Waals surface area contributed by atoms with Crippen LogP contribution in [0.3, 0.4) is 0 Å². The van der Waals surface area contributed by atoms with Crippen LogP contribution < -0.4 is 4.90 Å².